The van der Waals surface area contributed by atoms with Gasteiger partial charge >= 0.3 is 5.97 Å². The molecule has 1 saturated heterocycles. The zero-order chi connectivity index (χ0) is 8.27. The van der Waals surface area contributed by atoms with E-state index in [1.165, 1.54) is 7.11 Å². The van der Waals surface area contributed by atoms with Crippen LogP contribution in [0.25, 0.3) is 0 Å². The molecule has 0 aromatic carbocycles. The van der Waals surface area contributed by atoms with Crippen molar-refractivity contribution in [2.45, 2.75) is 12.1 Å². The third-order valence-corrected chi connectivity index (χ3v) is 1.74. The molecular formula is C6H12N2O3. The maximum absolute atomic E-state index is 10.9. The molecule has 3 N–H and O–H groups in total. The number of rotatable bonds is 2. The van der Waals surface area contributed by atoms with Crippen LogP contribution in [0.2, 0.25) is 0 Å². The number of aliphatic hydroxyl groups is 1. The second kappa shape index (κ2) is 3.66. The lowest BCUT2D eigenvalue weighted by atomic mass is 10.1. The van der Waals surface area contributed by atoms with Gasteiger partial charge in [0.05, 0.1) is 19.8 Å². The minimum Gasteiger partial charge on any atom is -0.468 e. The molecule has 0 spiro atoms. The van der Waals surface area contributed by atoms with Gasteiger partial charge in [-0.1, -0.05) is 0 Å². The normalized spacial score (nSPS) is 30.4. The highest BCUT2D eigenvalue weighted by Crippen LogP contribution is 2.00. The first-order valence-corrected chi connectivity index (χ1v) is 3.45. The van der Waals surface area contributed by atoms with Gasteiger partial charge in [0.2, 0.25) is 0 Å². The molecule has 5 nitrogen and oxygen atoms in total. The summed E-state index contributed by atoms with van der Waals surface area (Å²) in [5.74, 6) is -0.339. The number of hydrogen-bond acceptors (Lipinski definition) is 5. The van der Waals surface area contributed by atoms with Crippen LogP contribution >= 0.6 is 0 Å². The van der Waals surface area contributed by atoms with Crippen LogP contribution in [0.4, 0.5) is 0 Å². The van der Waals surface area contributed by atoms with Gasteiger partial charge in [0, 0.05) is 6.67 Å². The maximum atomic E-state index is 10.9. The second-order valence-corrected chi connectivity index (χ2v) is 2.37. The summed E-state index contributed by atoms with van der Waals surface area (Å²) in [5.41, 5.74) is 0. The number of esters is 1. The Morgan fingerprint density at radius 1 is 1.73 bits per heavy atom. The topological polar surface area (TPSA) is 70.6 Å². The van der Waals surface area contributed by atoms with Crippen molar-refractivity contribution in [1.29, 1.82) is 0 Å². The minimum atomic E-state index is -0.412. The van der Waals surface area contributed by atoms with E-state index in [-0.39, 0.29) is 18.6 Å². The number of nitrogens with one attached hydrogen (secondary N) is 2. The first kappa shape index (κ1) is 8.45. The molecule has 1 aliphatic rings. The lowest BCUT2D eigenvalue weighted by Gasteiger charge is -2.13. The van der Waals surface area contributed by atoms with Gasteiger partial charge in [-0.3, -0.25) is 15.4 Å². The van der Waals surface area contributed by atoms with Crippen molar-refractivity contribution in [3.05, 3.63) is 0 Å². The van der Waals surface area contributed by atoms with Crippen molar-refractivity contribution in [1.82, 2.24) is 10.6 Å². The molecule has 0 aromatic heterocycles. The summed E-state index contributed by atoms with van der Waals surface area (Å²) in [6.45, 7) is 0.470. The number of carbonyl (C=O) groups excluding carboxylic acids is 1. The van der Waals surface area contributed by atoms with E-state index in [0.717, 1.165) is 0 Å². The molecule has 1 rings (SSSR count). The summed E-state index contributed by atoms with van der Waals surface area (Å²) < 4.78 is 4.51. The van der Waals surface area contributed by atoms with Crippen LogP contribution in [-0.4, -0.2) is 43.5 Å². The molecule has 0 saturated carbocycles. The van der Waals surface area contributed by atoms with Crippen LogP contribution in [0.5, 0.6) is 0 Å². The molecular weight excluding hydrogens is 148 g/mol. The van der Waals surface area contributed by atoms with E-state index in [1.807, 2.05) is 0 Å². The molecule has 0 radical (unpaired) electrons. The van der Waals surface area contributed by atoms with Crippen LogP contribution in [0.15, 0.2) is 0 Å². The number of carbonyl (C=O) groups is 1. The van der Waals surface area contributed by atoms with Crippen LogP contribution in [-0.2, 0) is 9.53 Å². The third-order valence-electron chi connectivity index (χ3n) is 1.74. The third kappa shape index (κ3) is 1.68. The molecule has 0 aliphatic carbocycles. The second-order valence-electron chi connectivity index (χ2n) is 2.37. The van der Waals surface area contributed by atoms with Gasteiger partial charge in [-0.2, -0.15) is 0 Å². The fraction of sp³-hybridized carbons (Fsp3) is 0.833. The first-order valence-electron chi connectivity index (χ1n) is 3.45. The van der Waals surface area contributed by atoms with Crippen molar-refractivity contribution in [3.63, 3.8) is 0 Å². The highest BCUT2D eigenvalue weighted by molar-refractivity contribution is 5.77. The van der Waals surface area contributed by atoms with E-state index in [4.69, 9.17) is 5.11 Å². The van der Waals surface area contributed by atoms with Crippen LogP contribution < -0.4 is 10.6 Å². The Labute approximate surface area is 64.7 Å². The fourth-order valence-corrected chi connectivity index (χ4v) is 1.10. The summed E-state index contributed by atoms with van der Waals surface area (Å²) >= 11 is 0. The van der Waals surface area contributed by atoms with E-state index in [1.54, 1.807) is 0 Å². The summed E-state index contributed by atoms with van der Waals surface area (Å²) in [4.78, 5) is 10.9. The van der Waals surface area contributed by atoms with Gasteiger partial charge in [-0.05, 0) is 0 Å². The van der Waals surface area contributed by atoms with Gasteiger partial charge in [0.25, 0.3) is 0 Å². The molecule has 5 heteroatoms. The van der Waals surface area contributed by atoms with Gasteiger partial charge in [-0.15, -0.1) is 0 Å². The molecule has 0 amide bonds. The molecule has 0 bridgehead atoms. The highest BCUT2D eigenvalue weighted by Gasteiger charge is 2.32. The number of methoxy groups -OCH3 is 1. The van der Waals surface area contributed by atoms with Gasteiger partial charge in [0.1, 0.15) is 6.04 Å². The van der Waals surface area contributed by atoms with Crippen LogP contribution in [0.3, 0.4) is 0 Å². The van der Waals surface area contributed by atoms with Gasteiger partial charge in [0.15, 0.2) is 0 Å². The zero-order valence-electron chi connectivity index (χ0n) is 6.33. The number of ether oxygens (including phenoxy) is 1. The molecule has 0 aromatic rings. The fourth-order valence-electron chi connectivity index (χ4n) is 1.10. The van der Waals surface area contributed by atoms with Crippen molar-refractivity contribution >= 4 is 5.97 Å². The Balaban J connectivity index is 2.49. The summed E-state index contributed by atoms with van der Waals surface area (Å²) in [5, 5.41) is 14.5. The standard InChI is InChI=1S/C6H12N2O3/c1-11-6(10)5-4(2-9)7-3-8-5/h4-5,7-9H,2-3H2,1H3. The van der Waals surface area contributed by atoms with Gasteiger partial charge < -0.3 is 9.84 Å². The lowest BCUT2D eigenvalue weighted by molar-refractivity contribution is -0.143. The molecule has 64 valence electrons. The predicted molar refractivity (Wildman–Crippen MR) is 37.8 cm³/mol. The molecule has 1 fully saturated rings. The smallest absolute Gasteiger partial charge is 0.324 e. The summed E-state index contributed by atoms with van der Waals surface area (Å²) in [6.07, 6.45) is 0. The Morgan fingerprint density at radius 3 is 3.00 bits per heavy atom. The molecule has 11 heavy (non-hydrogen) atoms. The Hall–Kier alpha value is -0.650. The van der Waals surface area contributed by atoms with E-state index >= 15 is 0 Å². The van der Waals surface area contributed by atoms with E-state index in [9.17, 15) is 4.79 Å². The van der Waals surface area contributed by atoms with E-state index in [2.05, 4.69) is 15.4 Å². The summed E-state index contributed by atoms with van der Waals surface area (Å²) in [6, 6.07) is -0.632. The monoisotopic (exact) mass is 160 g/mol. The van der Waals surface area contributed by atoms with Crippen LogP contribution in [0, 0.1) is 0 Å². The van der Waals surface area contributed by atoms with Gasteiger partial charge in [-0.25, -0.2) is 0 Å². The van der Waals surface area contributed by atoms with Crippen molar-refractivity contribution in [2.24, 2.45) is 0 Å². The average molecular weight is 160 g/mol. The first-order chi connectivity index (χ1) is 5.29. The predicted octanol–water partition coefficient (Wildman–Crippen LogP) is -1.96. The van der Waals surface area contributed by atoms with Crippen LogP contribution in [0.1, 0.15) is 0 Å². The average Bonchev–Trinajstić information content (AvgIpc) is 2.50. The zero-order valence-corrected chi connectivity index (χ0v) is 6.33. The highest BCUT2D eigenvalue weighted by atomic mass is 16.5. The Morgan fingerprint density at radius 2 is 2.45 bits per heavy atom. The number of hydrogen-bond donors (Lipinski definition) is 3. The molecule has 2 atom stereocenters. The largest absolute Gasteiger partial charge is 0.468 e. The lowest BCUT2D eigenvalue weighted by Crippen LogP contribution is -2.43. The van der Waals surface area contributed by atoms with Crippen molar-refractivity contribution < 1.29 is 14.6 Å². The van der Waals surface area contributed by atoms with E-state index < -0.39 is 6.04 Å². The minimum absolute atomic E-state index is 0.0627. The molecule has 1 aliphatic heterocycles. The Bertz CT molecular complexity index is 151. The quantitative estimate of drug-likeness (QED) is 0.409. The van der Waals surface area contributed by atoms with Crippen molar-refractivity contribution in [2.75, 3.05) is 20.4 Å². The van der Waals surface area contributed by atoms with Crippen molar-refractivity contribution in [3.8, 4) is 0 Å². The number of aliphatic hydroxyl groups excluding tert-OH is 1. The maximum Gasteiger partial charge on any atom is 0.324 e. The summed E-state index contributed by atoms with van der Waals surface area (Å²) in [7, 11) is 1.33. The molecule has 2 unspecified atom stereocenters. The Kier molecular flexibility index (Phi) is 2.81. The SMILES string of the molecule is COC(=O)C1NCNC1CO. The molecule has 1 heterocycles. The van der Waals surface area contributed by atoms with E-state index in [0.29, 0.717) is 6.67 Å².